The number of benzene rings is 1. The summed E-state index contributed by atoms with van der Waals surface area (Å²) in [7, 11) is 0. The first-order chi connectivity index (χ1) is 11.4. The molecule has 0 aliphatic carbocycles. The molecular formula is C15H20Cl2F3N5O. The molecule has 1 aliphatic rings. The third-order valence-electron chi connectivity index (χ3n) is 3.90. The van der Waals surface area contributed by atoms with E-state index in [1.807, 2.05) is 5.06 Å². The molecule has 0 atom stereocenters. The maximum atomic E-state index is 13.2. The van der Waals surface area contributed by atoms with E-state index in [4.69, 9.17) is 4.84 Å². The second-order valence-electron chi connectivity index (χ2n) is 5.79. The molecule has 0 bridgehead atoms. The monoisotopic (exact) mass is 413 g/mol. The average Bonchev–Trinajstić information content (AvgIpc) is 2.99. The van der Waals surface area contributed by atoms with Crippen molar-refractivity contribution in [2.75, 3.05) is 13.1 Å². The number of aryl methyl sites for hydroxylation is 1. The Morgan fingerprint density at radius 2 is 1.77 bits per heavy atom. The minimum absolute atomic E-state index is 0. The lowest BCUT2D eigenvalue weighted by Crippen LogP contribution is -2.29. The fraction of sp³-hybridized carbons (Fsp3) is 0.533. The number of rotatable bonds is 4. The van der Waals surface area contributed by atoms with E-state index in [-0.39, 0.29) is 37.1 Å². The highest BCUT2D eigenvalue weighted by Crippen LogP contribution is 2.32. The summed E-state index contributed by atoms with van der Waals surface area (Å²) in [5.74, 6) is 0.414. The second-order valence-corrected chi connectivity index (χ2v) is 5.79. The Balaban J connectivity index is 0.00000169. The fourth-order valence-corrected chi connectivity index (χ4v) is 2.67. The average molecular weight is 414 g/mol. The molecule has 6 nitrogen and oxygen atoms in total. The van der Waals surface area contributed by atoms with Crippen molar-refractivity contribution in [1.29, 1.82) is 0 Å². The molecular weight excluding hydrogens is 394 g/mol. The smallest absolute Gasteiger partial charge is 0.294 e. The molecule has 1 aromatic heterocycles. The number of hydroxylamine groups is 2. The van der Waals surface area contributed by atoms with Gasteiger partial charge in [0.1, 0.15) is 0 Å². The lowest BCUT2D eigenvalue weighted by Gasteiger charge is -2.25. The van der Waals surface area contributed by atoms with Gasteiger partial charge in [-0.15, -0.1) is 29.9 Å². The third-order valence-corrected chi connectivity index (χ3v) is 3.90. The van der Waals surface area contributed by atoms with Gasteiger partial charge < -0.3 is 0 Å². The Bertz CT molecular complexity index is 705. The fourth-order valence-electron chi connectivity index (χ4n) is 2.67. The molecule has 1 fully saturated rings. The number of aromatic nitrogens is 4. The van der Waals surface area contributed by atoms with Gasteiger partial charge in [0.05, 0.1) is 17.9 Å². The summed E-state index contributed by atoms with van der Waals surface area (Å²) in [6.45, 7) is 3.32. The van der Waals surface area contributed by atoms with Crippen LogP contribution in [0.5, 0.6) is 0 Å². The molecule has 26 heavy (non-hydrogen) atoms. The van der Waals surface area contributed by atoms with Crippen LogP contribution < -0.4 is 0 Å². The van der Waals surface area contributed by atoms with Crippen molar-refractivity contribution in [3.63, 3.8) is 0 Å². The molecule has 0 unspecified atom stereocenters. The summed E-state index contributed by atoms with van der Waals surface area (Å²) in [6, 6.07) is 3.75. The number of hydrogen-bond acceptors (Lipinski definition) is 5. The quantitative estimate of drug-likeness (QED) is 0.763. The van der Waals surface area contributed by atoms with Gasteiger partial charge in [-0.25, -0.2) is 0 Å². The van der Waals surface area contributed by atoms with E-state index in [2.05, 4.69) is 15.5 Å². The van der Waals surface area contributed by atoms with Crippen LogP contribution in [0.2, 0.25) is 0 Å². The van der Waals surface area contributed by atoms with E-state index in [0.29, 0.717) is 11.4 Å². The van der Waals surface area contributed by atoms with Gasteiger partial charge in [0.2, 0.25) is 0 Å². The molecule has 2 aromatic rings. The van der Waals surface area contributed by atoms with Crippen molar-refractivity contribution in [2.24, 2.45) is 0 Å². The highest BCUT2D eigenvalue weighted by molar-refractivity contribution is 5.85. The maximum Gasteiger partial charge on any atom is 0.416 e. The lowest BCUT2D eigenvalue weighted by atomic mass is 10.1. The van der Waals surface area contributed by atoms with Crippen LogP contribution in [-0.2, 0) is 17.6 Å². The van der Waals surface area contributed by atoms with Crippen molar-refractivity contribution in [3.05, 3.63) is 35.2 Å². The van der Waals surface area contributed by atoms with E-state index >= 15 is 0 Å². The van der Waals surface area contributed by atoms with Crippen molar-refractivity contribution in [3.8, 4) is 5.69 Å². The molecule has 3 rings (SSSR count). The zero-order valence-electron chi connectivity index (χ0n) is 14.1. The summed E-state index contributed by atoms with van der Waals surface area (Å²) in [4.78, 5) is 5.64. The van der Waals surface area contributed by atoms with E-state index < -0.39 is 11.7 Å². The van der Waals surface area contributed by atoms with E-state index in [1.54, 1.807) is 13.0 Å². The zero-order chi connectivity index (χ0) is 17.2. The summed E-state index contributed by atoms with van der Waals surface area (Å²) >= 11 is 0. The molecule has 0 saturated carbocycles. The Labute approximate surface area is 161 Å². The number of halogens is 5. The van der Waals surface area contributed by atoms with Crippen molar-refractivity contribution >= 4 is 24.8 Å². The van der Waals surface area contributed by atoms with Crippen LogP contribution in [0, 0.1) is 6.92 Å². The largest absolute Gasteiger partial charge is 0.416 e. The Kier molecular flexibility index (Phi) is 8.26. The van der Waals surface area contributed by atoms with E-state index in [0.717, 1.165) is 44.5 Å². The van der Waals surface area contributed by atoms with Crippen LogP contribution in [0.1, 0.15) is 36.2 Å². The molecule has 1 saturated heterocycles. The number of hydrogen-bond donors (Lipinski definition) is 0. The molecule has 0 spiro atoms. The topological polar surface area (TPSA) is 56.1 Å². The first-order valence-corrected chi connectivity index (χ1v) is 7.78. The molecule has 0 N–H and O–H groups in total. The highest BCUT2D eigenvalue weighted by atomic mass is 35.5. The minimum Gasteiger partial charge on any atom is -0.294 e. The molecule has 1 aliphatic heterocycles. The van der Waals surface area contributed by atoms with Crippen LogP contribution in [0.4, 0.5) is 13.2 Å². The summed E-state index contributed by atoms with van der Waals surface area (Å²) < 4.78 is 40.8. The molecule has 1 aromatic carbocycles. The third kappa shape index (κ3) is 5.54. The maximum absolute atomic E-state index is 13.2. The van der Waals surface area contributed by atoms with Crippen molar-refractivity contribution in [1.82, 2.24) is 25.3 Å². The first kappa shape index (κ1) is 22.6. The molecule has 0 radical (unpaired) electrons. The van der Waals surface area contributed by atoms with Crippen LogP contribution in [0.15, 0.2) is 18.2 Å². The van der Waals surface area contributed by atoms with Gasteiger partial charge >= 0.3 is 6.18 Å². The van der Waals surface area contributed by atoms with Gasteiger partial charge in [0, 0.05) is 13.1 Å². The zero-order valence-corrected chi connectivity index (χ0v) is 15.7. The Morgan fingerprint density at radius 1 is 1.08 bits per heavy atom. The molecule has 0 amide bonds. The number of piperidine rings is 1. The predicted molar refractivity (Wildman–Crippen MR) is 93.6 cm³/mol. The number of tetrazole rings is 1. The van der Waals surface area contributed by atoms with Gasteiger partial charge in [0.25, 0.3) is 0 Å². The van der Waals surface area contributed by atoms with E-state index in [1.165, 1.54) is 4.68 Å². The van der Waals surface area contributed by atoms with Crippen LogP contribution >= 0.6 is 24.8 Å². The first-order valence-electron chi connectivity index (χ1n) is 7.78. The summed E-state index contributed by atoms with van der Waals surface area (Å²) in [6.07, 6.45) is -1.21. The van der Waals surface area contributed by atoms with Crippen LogP contribution in [0.3, 0.4) is 0 Å². The van der Waals surface area contributed by atoms with Gasteiger partial charge in [-0.05, 0) is 54.0 Å². The van der Waals surface area contributed by atoms with Gasteiger partial charge in [0.15, 0.2) is 5.82 Å². The highest BCUT2D eigenvalue weighted by Gasteiger charge is 2.31. The minimum atomic E-state index is -4.45. The van der Waals surface area contributed by atoms with Crippen LogP contribution in [0.25, 0.3) is 5.69 Å². The van der Waals surface area contributed by atoms with Gasteiger partial charge in [-0.2, -0.15) is 22.9 Å². The summed E-state index contributed by atoms with van der Waals surface area (Å²) in [5.41, 5.74) is -0.0444. The van der Waals surface area contributed by atoms with Crippen molar-refractivity contribution < 1.29 is 18.0 Å². The molecule has 11 heteroatoms. The predicted octanol–water partition coefficient (Wildman–Crippen LogP) is 3.75. The number of alkyl halides is 3. The van der Waals surface area contributed by atoms with Gasteiger partial charge in [-0.3, -0.25) is 4.84 Å². The van der Waals surface area contributed by atoms with Crippen LogP contribution in [-0.4, -0.2) is 38.4 Å². The Hall–Kier alpha value is -1.42. The van der Waals surface area contributed by atoms with Gasteiger partial charge in [-0.1, -0.05) is 6.42 Å². The standard InChI is InChI=1S/C15H18F3N5O.2ClH/c1-11-19-20-21-23(11)14-8-12(7-13(9-14)15(16,17)18)10-24-22-5-3-2-4-6-22;;/h7-9H,2-6,10H2,1H3;2*1H. The molecule has 146 valence electrons. The second kappa shape index (κ2) is 9.50. The summed E-state index contributed by atoms with van der Waals surface area (Å²) in [5, 5.41) is 12.7. The lowest BCUT2D eigenvalue weighted by molar-refractivity contribution is -0.178. The number of nitrogens with zero attached hydrogens (tertiary/aromatic N) is 5. The normalized spacial score (nSPS) is 15.2. The van der Waals surface area contributed by atoms with Crippen molar-refractivity contribution in [2.45, 2.75) is 39.0 Å². The molecule has 2 heterocycles. The van der Waals surface area contributed by atoms with E-state index in [9.17, 15) is 13.2 Å². The SMILES string of the molecule is Cc1nnnn1-c1cc(CON2CCCCC2)cc(C(F)(F)F)c1.Cl.Cl. The Morgan fingerprint density at radius 3 is 2.35 bits per heavy atom.